The summed E-state index contributed by atoms with van der Waals surface area (Å²) < 4.78 is 0. The molecule has 3 aliphatic rings. The van der Waals surface area contributed by atoms with Gasteiger partial charge in [-0.05, 0) is 55.9 Å². The van der Waals surface area contributed by atoms with Gasteiger partial charge in [0.1, 0.15) is 12.1 Å². The molecule has 1 spiro atoms. The van der Waals surface area contributed by atoms with Gasteiger partial charge in [-0.1, -0.05) is 20.8 Å². The number of hydrogen-bond acceptors (Lipinski definition) is 4. The van der Waals surface area contributed by atoms with Crippen molar-refractivity contribution in [3.63, 3.8) is 0 Å². The molecule has 8 heteroatoms. The molecule has 0 aromatic heterocycles. The monoisotopic (exact) mass is 400 g/mol. The van der Waals surface area contributed by atoms with Crippen LogP contribution in [0.3, 0.4) is 0 Å². The van der Waals surface area contributed by atoms with Crippen molar-refractivity contribution in [2.75, 3.05) is 26.2 Å². The van der Waals surface area contributed by atoms with Crippen molar-refractivity contribution < 1.29 is 14.4 Å². The predicted octanol–water partition coefficient (Wildman–Crippen LogP) is 1.74. The van der Waals surface area contributed by atoms with Gasteiger partial charge < -0.3 is 16.0 Å². The first-order valence-electron chi connectivity index (χ1n) is 9.78. The number of amides is 4. The zero-order valence-corrected chi connectivity index (χ0v) is 17.4. The molecule has 2 aliphatic heterocycles. The van der Waals surface area contributed by atoms with Crippen molar-refractivity contribution >= 4 is 30.3 Å². The zero-order chi connectivity index (χ0) is 19.1. The molecule has 1 saturated carbocycles. The number of rotatable bonds is 3. The van der Waals surface area contributed by atoms with Crippen LogP contribution in [0.2, 0.25) is 0 Å². The Bertz CT molecular complexity index is 596. The first-order chi connectivity index (χ1) is 12.2. The van der Waals surface area contributed by atoms with Crippen LogP contribution < -0.4 is 11.1 Å². The lowest BCUT2D eigenvalue weighted by molar-refractivity contribution is -0.139. The quantitative estimate of drug-likeness (QED) is 0.705. The van der Waals surface area contributed by atoms with E-state index in [2.05, 4.69) is 26.1 Å². The number of likely N-dealkylation sites (tertiary alicyclic amines) is 1. The summed E-state index contributed by atoms with van der Waals surface area (Å²) in [5.41, 5.74) is 5.08. The van der Waals surface area contributed by atoms with E-state index in [1.165, 1.54) is 0 Å². The van der Waals surface area contributed by atoms with Crippen LogP contribution in [0.25, 0.3) is 0 Å². The molecule has 3 rings (SSSR count). The average Bonchev–Trinajstić information content (AvgIpc) is 3.14. The maximum absolute atomic E-state index is 13.0. The van der Waals surface area contributed by atoms with Crippen LogP contribution in [-0.2, 0) is 9.59 Å². The minimum Gasteiger partial charge on any atom is -0.341 e. The molecular formula is C19H33ClN4O3. The van der Waals surface area contributed by atoms with Crippen molar-refractivity contribution in [1.29, 1.82) is 0 Å². The largest absolute Gasteiger partial charge is 0.341 e. The molecule has 3 N–H and O–H groups in total. The lowest BCUT2D eigenvalue weighted by Crippen LogP contribution is -2.51. The Hall–Kier alpha value is -1.34. The zero-order valence-electron chi connectivity index (χ0n) is 16.6. The molecule has 0 bridgehead atoms. The van der Waals surface area contributed by atoms with Crippen molar-refractivity contribution in [3.05, 3.63) is 0 Å². The molecular weight excluding hydrogens is 368 g/mol. The van der Waals surface area contributed by atoms with Crippen LogP contribution in [0.5, 0.6) is 0 Å². The average molecular weight is 401 g/mol. The van der Waals surface area contributed by atoms with Crippen LogP contribution in [0.4, 0.5) is 4.79 Å². The molecule has 4 amide bonds. The third-order valence-electron chi connectivity index (χ3n) is 6.58. The topological polar surface area (TPSA) is 95.7 Å². The fraction of sp³-hybridized carbons (Fsp3) is 0.842. The van der Waals surface area contributed by atoms with Crippen molar-refractivity contribution in [2.45, 2.75) is 58.4 Å². The third kappa shape index (κ3) is 4.24. The van der Waals surface area contributed by atoms with Gasteiger partial charge in [-0.25, -0.2) is 4.79 Å². The van der Waals surface area contributed by atoms with E-state index < -0.39 is 11.6 Å². The molecule has 154 valence electrons. The van der Waals surface area contributed by atoms with Gasteiger partial charge in [0.05, 0.1) is 0 Å². The standard InChI is InChI=1S/C19H32N4O3.ClH/c1-18(2,3)14-4-7-19(8-5-14)16(25)23(17(26)21-19)12-15(24)22-9-6-13(10-20)11-22;/h13-14H,4-12,20H2,1-3H3,(H,21,26);1H. The van der Waals surface area contributed by atoms with Crippen LogP contribution >= 0.6 is 12.4 Å². The normalized spacial score (nSPS) is 31.3. The number of imide groups is 1. The fourth-order valence-electron chi connectivity index (χ4n) is 4.62. The van der Waals surface area contributed by atoms with E-state index in [1.54, 1.807) is 4.90 Å². The molecule has 0 aromatic carbocycles. The predicted molar refractivity (Wildman–Crippen MR) is 105 cm³/mol. The summed E-state index contributed by atoms with van der Waals surface area (Å²) in [5, 5.41) is 2.90. The van der Waals surface area contributed by atoms with Crippen LogP contribution in [0.1, 0.15) is 52.9 Å². The Kier molecular flexibility index (Phi) is 6.47. The molecule has 27 heavy (non-hydrogen) atoms. The SMILES string of the molecule is CC(C)(C)C1CCC2(CC1)NC(=O)N(CC(=O)N1CCC(CN)C1)C2=O.Cl. The van der Waals surface area contributed by atoms with Gasteiger partial charge in [-0.3, -0.25) is 14.5 Å². The number of hydrogen-bond donors (Lipinski definition) is 2. The van der Waals surface area contributed by atoms with Crippen LogP contribution in [0, 0.1) is 17.3 Å². The minimum absolute atomic E-state index is 0. The highest BCUT2D eigenvalue weighted by Crippen LogP contribution is 2.43. The van der Waals surface area contributed by atoms with Crippen LogP contribution in [-0.4, -0.2) is 59.4 Å². The number of urea groups is 1. The van der Waals surface area contributed by atoms with E-state index in [1.807, 2.05) is 0 Å². The van der Waals surface area contributed by atoms with E-state index in [4.69, 9.17) is 5.73 Å². The second kappa shape index (κ2) is 7.95. The first kappa shape index (κ1) is 22.0. The van der Waals surface area contributed by atoms with Crippen molar-refractivity contribution in [1.82, 2.24) is 15.1 Å². The van der Waals surface area contributed by atoms with Gasteiger partial charge in [0.15, 0.2) is 0 Å². The van der Waals surface area contributed by atoms with Crippen molar-refractivity contribution in [3.8, 4) is 0 Å². The Morgan fingerprint density at radius 3 is 2.37 bits per heavy atom. The fourth-order valence-corrected chi connectivity index (χ4v) is 4.62. The summed E-state index contributed by atoms with van der Waals surface area (Å²) in [7, 11) is 0. The Morgan fingerprint density at radius 2 is 1.85 bits per heavy atom. The highest BCUT2D eigenvalue weighted by Gasteiger charge is 2.53. The van der Waals surface area contributed by atoms with E-state index in [0.29, 0.717) is 44.3 Å². The molecule has 1 atom stereocenters. The number of nitrogens with one attached hydrogen (secondary N) is 1. The summed E-state index contributed by atoms with van der Waals surface area (Å²) >= 11 is 0. The Morgan fingerprint density at radius 1 is 1.22 bits per heavy atom. The molecule has 0 radical (unpaired) electrons. The minimum atomic E-state index is -0.802. The summed E-state index contributed by atoms with van der Waals surface area (Å²) in [4.78, 5) is 40.7. The maximum atomic E-state index is 13.0. The van der Waals surface area contributed by atoms with Crippen molar-refractivity contribution in [2.24, 2.45) is 23.0 Å². The lowest BCUT2D eigenvalue weighted by Gasteiger charge is -2.40. The highest BCUT2D eigenvalue weighted by atomic mass is 35.5. The number of nitrogens with zero attached hydrogens (tertiary/aromatic N) is 2. The first-order valence-corrected chi connectivity index (χ1v) is 9.78. The summed E-state index contributed by atoms with van der Waals surface area (Å²) in [6, 6.07) is -0.424. The van der Waals surface area contributed by atoms with Gasteiger partial charge in [-0.15, -0.1) is 12.4 Å². The Labute approximate surface area is 167 Å². The van der Waals surface area contributed by atoms with Gasteiger partial charge in [0.2, 0.25) is 5.91 Å². The summed E-state index contributed by atoms with van der Waals surface area (Å²) in [6.45, 7) is 8.35. The lowest BCUT2D eigenvalue weighted by atomic mass is 9.67. The van der Waals surface area contributed by atoms with Gasteiger partial charge in [-0.2, -0.15) is 0 Å². The highest BCUT2D eigenvalue weighted by molar-refractivity contribution is 6.09. The molecule has 3 fully saturated rings. The summed E-state index contributed by atoms with van der Waals surface area (Å²) in [6.07, 6.45) is 4.04. The molecule has 2 heterocycles. The molecule has 1 aliphatic carbocycles. The molecule has 2 saturated heterocycles. The van der Waals surface area contributed by atoms with Crippen LogP contribution in [0.15, 0.2) is 0 Å². The summed E-state index contributed by atoms with van der Waals surface area (Å²) in [5.74, 6) is 0.482. The number of carbonyl (C=O) groups excluding carboxylic acids is 3. The van der Waals surface area contributed by atoms with E-state index in [0.717, 1.165) is 24.2 Å². The molecule has 1 unspecified atom stereocenters. The van der Waals surface area contributed by atoms with E-state index >= 15 is 0 Å². The van der Waals surface area contributed by atoms with Gasteiger partial charge >= 0.3 is 6.03 Å². The smallest absolute Gasteiger partial charge is 0.325 e. The maximum Gasteiger partial charge on any atom is 0.325 e. The van der Waals surface area contributed by atoms with Gasteiger partial charge in [0, 0.05) is 13.1 Å². The number of halogens is 1. The van der Waals surface area contributed by atoms with E-state index in [9.17, 15) is 14.4 Å². The molecule has 7 nitrogen and oxygen atoms in total. The number of carbonyl (C=O) groups is 3. The third-order valence-corrected chi connectivity index (χ3v) is 6.58. The van der Waals surface area contributed by atoms with Gasteiger partial charge in [0.25, 0.3) is 5.91 Å². The second-order valence-electron chi connectivity index (χ2n) is 9.27. The second-order valence-corrected chi connectivity index (χ2v) is 9.27. The number of nitrogens with two attached hydrogens (primary N) is 1. The van der Waals surface area contributed by atoms with E-state index in [-0.39, 0.29) is 36.2 Å². The molecule has 0 aromatic rings. The Balaban J connectivity index is 0.00000261.